The average Bonchev–Trinajstić information content (AvgIpc) is 2.79. The molecule has 0 aliphatic carbocycles. The Morgan fingerprint density at radius 3 is 2.55 bits per heavy atom. The highest BCUT2D eigenvalue weighted by molar-refractivity contribution is 7.91. The Hall–Kier alpha value is -1.28. The molecule has 1 fully saturated rings. The SMILES string of the molecule is Nc1cc(C(F)(F)F)ccc1S(=O)(=O)CC1CCOC1. The maximum Gasteiger partial charge on any atom is 0.416 e. The molecule has 1 heterocycles. The lowest BCUT2D eigenvalue weighted by molar-refractivity contribution is -0.137. The lowest BCUT2D eigenvalue weighted by atomic mass is 10.2. The highest BCUT2D eigenvalue weighted by atomic mass is 32.2. The molecule has 1 aromatic rings. The first-order chi connectivity index (χ1) is 9.20. The van der Waals surface area contributed by atoms with Crippen LogP contribution in [0.4, 0.5) is 18.9 Å². The van der Waals surface area contributed by atoms with Gasteiger partial charge in [-0.25, -0.2) is 8.42 Å². The summed E-state index contributed by atoms with van der Waals surface area (Å²) in [5.41, 5.74) is 4.13. The van der Waals surface area contributed by atoms with Crippen molar-refractivity contribution >= 4 is 15.5 Å². The number of alkyl halides is 3. The highest BCUT2D eigenvalue weighted by Crippen LogP contribution is 2.33. The number of anilines is 1. The van der Waals surface area contributed by atoms with E-state index in [4.69, 9.17) is 10.5 Å². The molecule has 0 saturated carbocycles. The number of hydrogen-bond donors (Lipinski definition) is 1. The minimum Gasteiger partial charge on any atom is -0.398 e. The number of hydrogen-bond acceptors (Lipinski definition) is 4. The van der Waals surface area contributed by atoms with Crippen LogP contribution >= 0.6 is 0 Å². The van der Waals surface area contributed by atoms with Gasteiger partial charge >= 0.3 is 6.18 Å². The number of sulfone groups is 1. The third-order valence-electron chi connectivity index (χ3n) is 3.15. The minimum atomic E-state index is -4.55. The van der Waals surface area contributed by atoms with Gasteiger partial charge in [0.25, 0.3) is 0 Å². The Morgan fingerprint density at radius 2 is 2.05 bits per heavy atom. The summed E-state index contributed by atoms with van der Waals surface area (Å²) in [6, 6.07) is 2.30. The number of halogens is 3. The maximum atomic E-state index is 12.5. The number of nitrogens with two attached hydrogens (primary N) is 1. The van der Waals surface area contributed by atoms with Crippen molar-refractivity contribution in [1.29, 1.82) is 0 Å². The van der Waals surface area contributed by atoms with Crippen molar-refractivity contribution in [3.63, 3.8) is 0 Å². The fraction of sp³-hybridized carbons (Fsp3) is 0.500. The van der Waals surface area contributed by atoms with Crippen LogP contribution in [0.2, 0.25) is 0 Å². The van der Waals surface area contributed by atoms with Crippen LogP contribution < -0.4 is 5.73 Å². The number of ether oxygens (including phenoxy) is 1. The first kappa shape index (κ1) is 15.1. The van der Waals surface area contributed by atoms with E-state index in [1.807, 2.05) is 0 Å². The van der Waals surface area contributed by atoms with E-state index in [0.29, 0.717) is 25.7 Å². The van der Waals surface area contributed by atoms with Crippen molar-refractivity contribution in [2.45, 2.75) is 17.5 Å². The zero-order valence-corrected chi connectivity index (χ0v) is 11.3. The largest absolute Gasteiger partial charge is 0.416 e. The summed E-state index contributed by atoms with van der Waals surface area (Å²) in [6.07, 6.45) is -3.92. The molecule has 1 atom stereocenters. The summed E-state index contributed by atoms with van der Waals surface area (Å²) in [7, 11) is -3.71. The van der Waals surface area contributed by atoms with E-state index in [-0.39, 0.29) is 22.3 Å². The van der Waals surface area contributed by atoms with Gasteiger partial charge in [-0.05, 0) is 30.5 Å². The normalized spacial score (nSPS) is 20.2. The monoisotopic (exact) mass is 309 g/mol. The van der Waals surface area contributed by atoms with Crippen molar-refractivity contribution in [3.05, 3.63) is 23.8 Å². The first-order valence-corrected chi connectivity index (χ1v) is 7.62. The standard InChI is InChI=1S/C12H14F3NO3S/c13-12(14,15)9-1-2-11(10(16)5-9)20(17,18)7-8-3-4-19-6-8/h1-2,5,8H,3-4,6-7,16H2. The van der Waals surface area contributed by atoms with Crippen molar-refractivity contribution in [2.75, 3.05) is 24.7 Å². The summed E-state index contributed by atoms with van der Waals surface area (Å²) in [5, 5.41) is 0. The average molecular weight is 309 g/mol. The van der Waals surface area contributed by atoms with E-state index in [0.717, 1.165) is 12.1 Å². The lowest BCUT2D eigenvalue weighted by Gasteiger charge is -2.13. The zero-order chi connectivity index (χ0) is 15.0. The molecule has 2 rings (SSSR count). The molecule has 1 aliphatic rings. The molecule has 8 heteroatoms. The Balaban J connectivity index is 2.28. The van der Waals surface area contributed by atoms with E-state index in [1.54, 1.807) is 0 Å². The summed E-state index contributed by atoms with van der Waals surface area (Å²) < 4.78 is 66.9. The minimum absolute atomic E-state index is 0.137. The smallest absolute Gasteiger partial charge is 0.398 e. The highest BCUT2D eigenvalue weighted by Gasteiger charge is 2.32. The molecule has 0 bridgehead atoms. The van der Waals surface area contributed by atoms with Crippen LogP contribution in [0.3, 0.4) is 0 Å². The topological polar surface area (TPSA) is 69.4 Å². The van der Waals surface area contributed by atoms with Gasteiger partial charge in [0.2, 0.25) is 0 Å². The van der Waals surface area contributed by atoms with Crippen LogP contribution in [0.1, 0.15) is 12.0 Å². The maximum absolute atomic E-state index is 12.5. The summed E-state index contributed by atoms with van der Waals surface area (Å²) in [6.45, 7) is 0.850. The van der Waals surface area contributed by atoms with Gasteiger partial charge in [0.05, 0.1) is 28.5 Å². The third kappa shape index (κ3) is 3.24. The molecule has 112 valence electrons. The number of nitrogen functional groups attached to an aromatic ring is 1. The van der Waals surface area contributed by atoms with Crippen LogP contribution in [-0.4, -0.2) is 27.4 Å². The van der Waals surface area contributed by atoms with Gasteiger partial charge in [-0.15, -0.1) is 0 Å². The van der Waals surface area contributed by atoms with Gasteiger partial charge in [-0.1, -0.05) is 0 Å². The predicted octanol–water partition coefficient (Wildman–Crippen LogP) is 2.10. The molecule has 1 saturated heterocycles. The zero-order valence-electron chi connectivity index (χ0n) is 10.5. The first-order valence-electron chi connectivity index (χ1n) is 5.97. The molecule has 0 aromatic heterocycles. The van der Waals surface area contributed by atoms with Gasteiger partial charge in [0, 0.05) is 6.61 Å². The molecule has 0 radical (unpaired) electrons. The van der Waals surface area contributed by atoms with E-state index in [2.05, 4.69) is 0 Å². The van der Waals surface area contributed by atoms with Crippen LogP contribution in [0.25, 0.3) is 0 Å². The molecule has 1 aromatic carbocycles. The van der Waals surface area contributed by atoms with Crippen molar-refractivity contribution in [2.24, 2.45) is 5.92 Å². The molecule has 1 unspecified atom stereocenters. The van der Waals surface area contributed by atoms with E-state index < -0.39 is 21.6 Å². The molecule has 0 spiro atoms. The Kier molecular flexibility index (Phi) is 3.97. The quantitative estimate of drug-likeness (QED) is 0.868. The van der Waals surface area contributed by atoms with Crippen LogP contribution in [0, 0.1) is 5.92 Å². The second-order valence-corrected chi connectivity index (χ2v) is 6.76. The van der Waals surface area contributed by atoms with Crippen molar-refractivity contribution in [3.8, 4) is 0 Å². The molecular formula is C12H14F3NO3S. The summed E-state index contributed by atoms with van der Waals surface area (Å²) >= 11 is 0. The van der Waals surface area contributed by atoms with Crippen LogP contribution in [0.5, 0.6) is 0 Å². The number of rotatable bonds is 3. The molecule has 0 amide bonds. The Morgan fingerprint density at radius 1 is 1.35 bits per heavy atom. The summed E-state index contributed by atoms with van der Waals surface area (Å²) in [5.74, 6) is -0.301. The van der Waals surface area contributed by atoms with Gasteiger partial charge in [-0.3, -0.25) is 0 Å². The predicted molar refractivity (Wildman–Crippen MR) is 66.8 cm³/mol. The van der Waals surface area contributed by atoms with E-state index in [9.17, 15) is 21.6 Å². The fourth-order valence-electron chi connectivity index (χ4n) is 2.12. The van der Waals surface area contributed by atoms with Gasteiger partial charge in [0.15, 0.2) is 9.84 Å². The van der Waals surface area contributed by atoms with Gasteiger partial charge in [0.1, 0.15) is 0 Å². The molecule has 4 nitrogen and oxygen atoms in total. The third-order valence-corrected chi connectivity index (χ3v) is 5.10. The molecule has 20 heavy (non-hydrogen) atoms. The Labute approximate surface area is 114 Å². The van der Waals surface area contributed by atoms with Crippen molar-refractivity contribution < 1.29 is 26.3 Å². The molecule has 2 N–H and O–H groups in total. The van der Waals surface area contributed by atoms with Gasteiger partial charge < -0.3 is 10.5 Å². The molecule has 1 aliphatic heterocycles. The number of benzene rings is 1. The fourth-order valence-corrected chi connectivity index (χ4v) is 3.88. The van der Waals surface area contributed by atoms with E-state index in [1.165, 1.54) is 0 Å². The van der Waals surface area contributed by atoms with Crippen LogP contribution in [0.15, 0.2) is 23.1 Å². The van der Waals surface area contributed by atoms with Crippen molar-refractivity contribution in [1.82, 2.24) is 0 Å². The van der Waals surface area contributed by atoms with Gasteiger partial charge in [-0.2, -0.15) is 13.2 Å². The molecular weight excluding hydrogens is 295 g/mol. The summed E-state index contributed by atoms with van der Waals surface area (Å²) in [4.78, 5) is -0.252. The second-order valence-electron chi connectivity index (χ2n) is 4.76. The lowest BCUT2D eigenvalue weighted by Crippen LogP contribution is -2.18. The second kappa shape index (κ2) is 5.25. The van der Waals surface area contributed by atoms with Crippen LogP contribution in [-0.2, 0) is 20.8 Å². The van der Waals surface area contributed by atoms with E-state index >= 15 is 0 Å². The Bertz CT molecular complexity index is 592.